The lowest BCUT2D eigenvalue weighted by atomic mass is 10.0. The summed E-state index contributed by atoms with van der Waals surface area (Å²) in [4.78, 5) is 40.0. The number of carbonyl (C=O) groups is 3. The van der Waals surface area contributed by atoms with Gasteiger partial charge in [-0.2, -0.15) is 0 Å². The van der Waals surface area contributed by atoms with Crippen molar-refractivity contribution in [2.75, 3.05) is 31.0 Å². The number of para-hydroxylation sites is 1. The molecule has 2 aromatic rings. The molecule has 0 aliphatic carbocycles. The van der Waals surface area contributed by atoms with Crippen LogP contribution in [0.5, 0.6) is 11.5 Å². The summed E-state index contributed by atoms with van der Waals surface area (Å²) in [5.41, 5.74) is 1.24. The molecule has 1 aliphatic rings. The van der Waals surface area contributed by atoms with Gasteiger partial charge in [0.25, 0.3) is 0 Å². The fourth-order valence-electron chi connectivity index (χ4n) is 3.66. The molecule has 2 N–H and O–H groups in total. The number of nitrogens with zero attached hydrogens (tertiary/aromatic N) is 1. The lowest BCUT2D eigenvalue weighted by Crippen LogP contribution is -2.49. The van der Waals surface area contributed by atoms with Gasteiger partial charge in [-0.15, -0.1) is 0 Å². The van der Waals surface area contributed by atoms with Crippen LogP contribution >= 0.6 is 0 Å². The number of amides is 3. The van der Waals surface area contributed by atoms with Crippen molar-refractivity contribution < 1.29 is 23.9 Å². The molecule has 1 heterocycles. The molecule has 1 aliphatic heterocycles. The summed E-state index contributed by atoms with van der Waals surface area (Å²) < 4.78 is 10.5. The van der Waals surface area contributed by atoms with Gasteiger partial charge in [0.05, 0.1) is 25.8 Å². The number of ether oxygens (including phenoxy) is 2. The van der Waals surface area contributed by atoms with Gasteiger partial charge in [-0.3, -0.25) is 14.4 Å². The van der Waals surface area contributed by atoms with Crippen LogP contribution in [0.2, 0.25) is 0 Å². The Bertz CT molecular complexity index is 977. The molecule has 1 saturated heterocycles. The van der Waals surface area contributed by atoms with Gasteiger partial charge < -0.3 is 25.0 Å². The summed E-state index contributed by atoms with van der Waals surface area (Å²) in [6.45, 7) is 3.99. The van der Waals surface area contributed by atoms with E-state index in [0.717, 1.165) is 5.69 Å². The van der Waals surface area contributed by atoms with E-state index >= 15 is 0 Å². The molecule has 0 unspecified atom stereocenters. The molecule has 1 fully saturated rings. The maximum Gasteiger partial charge on any atom is 0.247 e. The van der Waals surface area contributed by atoms with E-state index < -0.39 is 12.0 Å². The largest absolute Gasteiger partial charge is 0.497 e. The van der Waals surface area contributed by atoms with E-state index in [9.17, 15) is 14.4 Å². The zero-order valence-corrected chi connectivity index (χ0v) is 18.8. The predicted molar refractivity (Wildman–Crippen MR) is 122 cm³/mol. The Labute approximate surface area is 187 Å². The third kappa shape index (κ3) is 5.19. The van der Waals surface area contributed by atoms with E-state index in [0.29, 0.717) is 17.2 Å². The first-order valence-electron chi connectivity index (χ1n) is 10.5. The van der Waals surface area contributed by atoms with Gasteiger partial charge in [0, 0.05) is 24.7 Å². The second-order valence-corrected chi connectivity index (χ2v) is 8.03. The Hall–Kier alpha value is -3.55. The lowest BCUT2D eigenvalue weighted by molar-refractivity contribution is -0.130. The van der Waals surface area contributed by atoms with Crippen molar-refractivity contribution in [1.29, 1.82) is 0 Å². The molecule has 8 heteroatoms. The lowest BCUT2D eigenvalue weighted by Gasteiger charge is -2.24. The molecular weight excluding hydrogens is 410 g/mol. The predicted octanol–water partition coefficient (Wildman–Crippen LogP) is 2.84. The van der Waals surface area contributed by atoms with Crippen LogP contribution in [-0.2, 0) is 14.4 Å². The van der Waals surface area contributed by atoms with E-state index in [1.807, 2.05) is 44.2 Å². The minimum atomic E-state index is -0.768. The van der Waals surface area contributed by atoms with Crippen molar-refractivity contribution in [2.24, 2.45) is 11.8 Å². The minimum Gasteiger partial charge on any atom is -0.497 e. The average molecular weight is 440 g/mol. The number of methoxy groups -OCH3 is 2. The zero-order valence-electron chi connectivity index (χ0n) is 18.8. The third-order valence-electron chi connectivity index (χ3n) is 5.48. The summed E-state index contributed by atoms with van der Waals surface area (Å²) in [6.07, 6.45) is 0.111. The van der Waals surface area contributed by atoms with E-state index in [-0.39, 0.29) is 36.6 Å². The highest BCUT2D eigenvalue weighted by atomic mass is 16.5. The number of hydrogen-bond acceptors (Lipinski definition) is 5. The second kappa shape index (κ2) is 10.2. The van der Waals surface area contributed by atoms with Gasteiger partial charge in [-0.1, -0.05) is 32.0 Å². The molecule has 0 radical (unpaired) electrons. The van der Waals surface area contributed by atoms with Gasteiger partial charge >= 0.3 is 0 Å². The zero-order chi connectivity index (χ0) is 23.3. The summed E-state index contributed by atoms with van der Waals surface area (Å²) in [5, 5.41) is 5.66. The fraction of sp³-hybridized carbons (Fsp3) is 0.375. The van der Waals surface area contributed by atoms with Crippen molar-refractivity contribution in [3.05, 3.63) is 48.5 Å². The Kier molecular flexibility index (Phi) is 7.35. The van der Waals surface area contributed by atoms with Crippen molar-refractivity contribution in [1.82, 2.24) is 5.32 Å². The normalized spacial score (nSPS) is 16.6. The molecule has 0 aromatic heterocycles. The number of carbonyl (C=O) groups excluding carboxylic acids is 3. The molecule has 8 nitrogen and oxygen atoms in total. The SMILES string of the molecule is COc1ccc(NC(=O)[C@H](NC(=O)[C@H]2CC(=O)N(c3ccccc3)C2)C(C)C)c(OC)c1. The highest BCUT2D eigenvalue weighted by Crippen LogP contribution is 2.29. The third-order valence-corrected chi connectivity index (χ3v) is 5.48. The molecule has 0 saturated carbocycles. The Morgan fingerprint density at radius 2 is 1.78 bits per heavy atom. The summed E-state index contributed by atoms with van der Waals surface area (Å²) >= 11 is 0. The highest BCUT2D eigenvalue weighted by Gasteiger charge is 2.37. The monoisotopic (exact) mass is 439 g/mol. The quantitative estimate of drug-likeness (QED) is 0.659. The number of anilines is 2. The molecule has 170 valence electrons. The van der Waals surface area contributed by atoms with Crippen LogP contribution < -0.4 is 25.0 Å². The van der Waals surface area contributed by atoms with Crippen LogP contribution in [-0.4, -0.2) is 44.5 Å². The summed E-state index contributed by atoms with van der Waals surface area (Å²) in [7, 11) is 3.05. The topological polar surface area (TPSA) is 97.0 Å². The Morgan fingerprint density at radius 1 is 1.06 bits per heavy atom. The van der Waals surface area contributed by atoms with E-state index in [2.05, 4.69) is 10.6 Å². The smallest absolute Gasteiger partial charge is 0.247 e. The molecule has 2 atom stereocenters. The Morgan fingerprint density at radius 3 is 2.41 bits per heavy atom. The molecular formula is C24H29N3O5. The summed E-state index contributed by atoms with van der Waals surface area (Å²) in [6, 6.07) is 13.5. The van der Waals surface area contributed by atoms with Crippen LogP contribution in [0.15, 0.2) is 48.5 Å². The van der Waals surface area contributed by atoms with Crippen LogP contribution in [0.4, 0.5) is 11.4 Å². The van der Waals surface area contributed by atoms with Crippen molar-refractivity contribution in [2.45, 2.75) is 26.3 Å². The Balaban J connectivity index is 1.68. The molecule has 3 amide bonds. The highest BCUT2D eigenvalue weighted by molar-refractivity contribution is 6.02. The first-order chi connectivity index (χ1) is 15.3. The average Bonchev–Trinajstić information content (AvgIpc) is 3.19. The first kappa shape index (κ1) is 23.1. The number of hydrogen-bond donors (Lipinski definition) is 2. The maximum absolute atomic E-state index is 13.0. The number of rotatable bonds is 8. The summed E-state index contributed by atoms with van der Waals surface area (Å²) in [5.74, 6) is -0.412. The molecule has 3 rings (SSSR count). The van der Waals surface area contributed by atoms with Crippen LogP contribution in [0, 0.1) is 11.8 Å². The van der Waals surface area contributed by atoms with Crippen LogP contribution in [0.25, 0.3) is 0 Å². The van der Waals surface area contributed by atoms with Gasteiger partial charge in [0.15, 0.2) is 0 Å². The molecule has 0 bridgehead atoms. The van der Waals surface area contributed by atoms with E-state index in [1.165, 1.54) is 7.11 Å². The van der Waals surface area contributed by atoms with Crippen molar-refractivity contribution >= 4 is 29.1 Å². The second-order valence-electron chi connectivity index (χ2n) is 8.03. The van der Waals surface area contributed by atoms with E-state index in [4.69, 9.17) is 9.47 Å². The fourth-order valence-corrected chi connectivity index (χ4v) is 3.66. The van der Waals surface area contributed by atoms with Crippen molar-refractivity contribution in [3.63, 3.8) is 0 Å². The number of benzene rings is 2. The number of nitrogens with one attached hydrogen (secondary N) is 2. The van der Waals surface area contributed by atoms with Crippen LogP contribution in [0.1, 0.15) is 20.3 Å². The van der Waals surface area contributed by atoms with Crippen LogP contribution in [0.3, 0.4) is 0 Å². The molecule has 2 aromatic carbocycles. The van der Waals surface area contributed by atoms with Gasteiger partial charge in [0.1, 0.15) is 17.5 Å². The van der Waals surface area contributed by atoms with Gasteiger partial charge in [0.2, 0.25) is 17.7 Å². The van der Waals surface area contributed by atoms with Crippen molar-refractivity contribution in [3.8, 4) is 11.5 Å². The van der Waals surface area contributed by atoms with Gasteiger partial charge in [-0.25, -0.2) is 0 Å². The first-order valence-corrected chi connectivity index (χ1v) is 10.5. The maximum atomic E-state index is 13.0. The van der Waals surface area contributed by atoms with Gasteiger partial charge in [-0.05, 0) is 30.2 Å². The molecule has 32 heavy (non-hydrogen) atoms. The molecule has 0 spiro atoms. The standard InChI is InChI=1S/C24H29N3O5/c1-15(2)22(24(30)25-19-11-10-18(31-3)13-20(19)32-4)26-23(29)16-12-21(28)27(14-16)17-8-6-5-7-9-17/h5-11,13,15-16,22H,12,14H2,1-4H3,(H,25,30)(H,26,29)/t16-,22+/m0/s1. The van der Waals surface area contributed by atoms with E-state index in [1.54, 1.807) is 30.2 Å². The minimum absolute atomic E-state index is 0.107.